The van der Waals surface area contributed by atoms with Crippen molar-refractivity contribution >= 4 is 8.32 Å². The molecule has 4 heteroatoms. The molecule has 0 saturated carbocycles. The largest absolute Gasteiger partial charge is 0.400 e. The van der Waals surface area contributed by atoms with E-state index in [1.807, 2.05) is 0 Å². The van der Waals surface area contributed by atoms with E-state index in [4.69, 9.17) is 4.43 Å². The zero-order chi connectivity index (χ0) is 12.9. The number of nitrogens with zero attached hydrogens (tertiary/aromatic N) is 2. The lowest BCUT2D eigenvalue weighted by molar-refractivity contribution is 0.102. The van der Waals surface area contributed by atoms with E-state index in [-0.39, 0.29) is 0 Å². The van der Waals surface area contributed by atoms with Gasteiger partial charge in [-0.1, -0.05) is 6.92 Å². The lowest BCUT2D eigenvalue weighted by atomic mass is 9.97. The maximum atomic E-state index is 9.47. The summed E-state index contributed by atoms with van der Waals surface area (Å²) in [5.74, 6) is 0. The van der Waals surface area contributed by atoms with Gasteiger partial charge in [0.15, 0.2) is 8.32 Å². The van der Waals surface area contributed by atoms with Crippen LogP contribution in [0.1, 0.15) is 32.6 Å². The van der Waals surface area contributed by atoms with Crippen molar-refractivity contribution in [2.75, 3.05) is 19.6 Å². The Morgan fingerprint density at radius 1 is 1.29 bits per heavy atom. The van der Waals surface area contributed by atoms with E-state index < -0.39 is 13.9 Å². The van der Waals surface area contributed by atoms with Crippen LogP contribution in [0, 0.1) is 11.3 Å². The lowest BCUT2D eigenvalue weighted by Gasteiger charge is -2.32. The second kappa shape index (κ2) is 5.99. The molecule has 1 atom stereocenters. The van der Waals surface area contributed by atoms with Crippen molar-refractivity contribution in [1.29, 1.82) is 5.26 Å². The van der Waals surface area contributed by atoms with Gasteiger partial charge in [0.1, 0.15) is 5.60 Å². The van der Waals surface area contributed by atoms with Crippen LogP contribution in [-0.2, 0) is 4.43 Å². The summed E-state index contributed by atoms with van der Waals surface area (Å²) in [5.41, 5.74) is -0.507. The van der Waals surface area contributed by atoms with Gasteiger partial charge in [-0.15, -0.1) is 0 Å². The first kappa shape index (κ1) is 14.7. The van der Waals surface area contributed by atoms with Crippen LogP contribution in [0.5, 0.6) is 0 Å². The summed E-state index contributed by atoms with van der Waals surface area (Å²) in [6.45, 7) is 12.0. The zero-order valence-electron chi connectivity index (χ0n) is 11.8. The second-order valence-electron chi connectivity index (χ2n) is 6.02. The minimum absolute atomic E-state index is 0.507. The Kier molecular flexibility index (Phi) is 5.17. The maximum absolute atomic E-state index is 9.47. The monoisotopic (exact) mass is 254 g/mol. The SMILES string of the molecule is CCCN1CCCC(C#N)(O[Si](C)(C)C)CC1. The Hall–Kier alpha value is -0.373. The van der Waals surface area contributed by atoms with Crippen LogP contribution < -0.4 is 0 Å². The second-order valence-corrected chi connectivity index (χ2v) is 10.4. The molecule has 0 radical (unpaired) electrons. The molecule has 1 fully saturated rings. The van der Waals surface area contributed by atoms with E-state index in [1.54, 1.807) is 0 Å². The van der Waals surface area contributed by atoms with Gasteiger partial charge >= 0.3 is 0 Å². The first-order chi connectivity index (χ1) is 7.91. The van der Waals surface area contributed by atoms with Crippen molar-refractivity contribution < 1.29 is 4.43 Å². The Labute approximate surface area is 107 Å². The van der Waals surface area contributed by atoms with Crippen LogP contribution in [-0.4, -0.2) is 38.5 Å². The predicted molar refractivity (Wildman–Crippen MR) is 73.4 cm³/mol. The fourth-order valence-electron chi connectivity index (χ4n) is 2.53. The third kappa shape index (κ3) is 4.78. The van der Waals surface area contributed by atoms with Crippen molar-refractivity contribution in [3.63, 3.8) is 0 Å². The Bertz CT molecular complexity index is 282. The highest BCUT2D eigenvalue weighted by Crippen LogP contribution is 2.29. The van der Waals surface area contributed by atoms with Gasteiger partial charge in [-0.05, 0) is 52.0 Å². The molecular formula is C13H26N2OSi. The fraction of sp³-hybridized carbons (Fsp3) is 0.923. The number of likely N-dealkylation sites (tertiary alicyclic amines) is 1. The highest BCUT2D eigenvalue weighted by Gasteiger charge is 2.37. The minimum Gasteiger partial charge on any atom is -0.400 e. The first-order valence-electron chi connectivity index (χ1n) is 6.74. The molecule has 0 aromatic rings. The summed E-state index contributed by atoms with van der Waals surface area (Å²) in [6, 6.07) is 2.46. The van der Waals surface area contributed by atoms with E-state index >= 15 is 0 Å². The molecule has 0 bridgehead atoms. The third-order valence-corrected chi connectivity index (χ3v) is 4.14. The molecule has 0 aromatic carbocycles. The molecule has 17 heavy (non-hydrogen) atoms. The molecule has 98 valence electrons. The van der Waals surface area contributed by atoms with Crippen molar-refractivity contribution in [3.8, 4) is 6.07 Å². The van der Waals surface area contributed by atoms with Gasteiger partial charge < -0.3 is 9.33 Å². The third-order valence-electron chi connectivity index (χ3n) is 3.13. The molecule has 1 heterocycles. The van der Waals surface area contributed by atoms with Crippen LogP contribution in [0.15, 0.2) is 0 Å². The molecule has 3 nitrogen and oxygen atoms in total. The highest BCUT2D eigenvalue weighted by molar-refractivity contribution is 6.69. The Morgan fingerprint density at radius 2 is 2.00 bits per heavy atom. The van der Waals surface area contributed by atoms with E-state index in [0.717, 1.165) is 38.9 Å². The molecule has 0 amide bonds. The predicted octanol–water partition coefficient (Wildman–Crippen LogP) is 3.00. The molecule has 1 unspecified atom stereocenters. The standard InChI is InChI=1S/C13H26N2OSi/c1-5-9-15-10-6-7-13(12-14,8-11-15)16-17(2,3)4/h5-11H2,1-4H3. The van der Waals surface area contributed by atoms with Crippen molar-refractivity contribution in [2.24, 2.45) is 0 Å². The van der Waals surface area contributed by atoms with Gasteiger partial charge in [0.2, 0.25) is 0 Å². The Morgan fingerprint density at radius 3 is 2.53 bits per heavy atom. The average molecular weight is 254 g/mol. The molecule has 0 N–H and O–H groups in total. The molecule has 1 aliphatic rings. The molecule has 1 rings (SSSR count). The first-order valence-corrected chi connectivity index (χ1v) is 10.2. The highest BCUT2D eigenvalue weighted by atomic mass is 28.4. The summed E-state index contributed by atoms with van der Waals surface area (Å²) in [4.78, 5) is 2.46. The number of hydrogen-bond donors (Lipinski definition) is 0. The smallest absolute Gasteiger partial charge is 0.185 e. The van der Waals surface area contributed by atoms with Gasteiger partial charge in [0.25, 0.3) is 0 Å². The quantitative estimate of drug-likeness (QED) is 0.724. The summed E-state index contributed by atoms with van der Waals surface area (Å²) in [7, 11) is -1.64. The van der Waals surface area contributed by atoms with Gasteiger partial charge in [-0.3, -0.25) is 0 Å². The maximum Gasteiger partial charge on any atom is 0.185 e. The topological polar surface area (TPSA) is 36.3 Å². The van der Waals surface area contributed by atoms with Crippen LogP contribution in [0.3, 0.4) is 0 Å². The lowest BCUT2D eigenvalue weighted by Crippen LogP contribution is -2.42. The zero-order valence-corrected chi connectivity index (χ0v) is 12.8. The fourth-order valence-corrected chi connectivity index (χ4v) is 3.95. The average Bonchev–Trinajstić information content (AvgIpc) is 2.41. The van der Waals surface area contributed by atoms with E-state index in [2.05, 4.69) is 37.5 Å². The van der Waals surface area contributed by atoms with E-state index in [0.29, 0.717) is 0 Å². The summed E-state index contributed by atoms with van der Waals surface area (Å²) in [6.07, 6.45) is 4.04. The molecule has 1 saturated heterocycles. The van der Waals surface area contributed by atoms with Gasteiger partial charge in [0, 0.05) is 13.0 Å². The van der Waals surface area contributed by atoms with Crippen LogP contribution in [0.25, 0.3) is 0 Å². The van der Waals surface area contributed by atoms with E-state index in [1.165, 1.54) is 6.42 Å². The Balaban J connectivity index is 2.66. The van der Waals surface area contributed by atoms with Crippen LogP contribution >= 0.6 is 0 Å². The van der Waals surface area contributed by atoms with Crippen LogP contribution in [0.2, 0.25) is 19.6 Å². The van der Waals surface area contributed by atoms with Gasteiger partial charge in [0.05, 0.1) is 6.07 Å². The summed E-state index contributed by atoms with van der Waals surface area (Å²) < 4.78 is 6.17. The molecule has 0 aliphatic carbocycles. The minimum atomic E-state index is -1.64. The molecule has 0 spiro atoms. The van der Waals surface area contributed by atoms with Gasteiger partial charge in [-0.25, -0.2) is 0 Å². The van der Waals surface area contributed by atoms with Crippen LogP contribution in [0.4, 0.5) is 0 Å². The summed E-state index contributed by atoms with van der Waals surface area (Å²) >= 11 is 0. The number of nitriles is 1. The van der Waals surface area contributed by atoms with Crippen molar-refractivity contribution in [1.82, 2.24) is 4.90 Å². The molecular weight excluding hydrogens is 228 g/mol. The molecule has 1 aliphatic heterocycles. The van der Waals surface area contributed by atoms with Crippen molar-refractivity contribution in [3.05, 3.63) is 0 Å². The van der Waals surface area contributed by atoms with Gasteiger partial charge in [-0.2, -0.15) is 5.26 Å². The normalized spacial score (nSPS) is 27.5. The van der Waals surface area contributed by atoms with E-state index in [9.17, 15) is 5.26 Å². The number of rotatable bonds is 4. The molecule has 0 aromatic heterocycles. The summed E-state index contributed by atoms with van der Waals surface area (Å²) in [5, 5.41) is 9.47. The number of hydrogen-bond acceptors (Lipinski definition) is 3. The van der Waals surface area contributed by atoms with Crippen molar-refractivity contribution in [2.45, 2.75) is 57.8 Å².